The predicted octanol–water partition coefficient (Wildman–Crippen LogP) is 4.10. The number of amides is 1. The molecule has 4 nitrogen and oxygen atoms in total. The molecule has 0 aliphatic carbocycles. The molecule has 0 saturated carbocycles. The lowest BCUT2D eigenvalue weighted by Gasteiger charge is -2.07. The number of hydrogen-bond acceptors (Lipinski definition) is 4. The minimum Gasteiger partial charge on any atom is -0.507 e. The van der Waals surface area contributed by atoms with Gasteiger partial charge < -0.3 is 10.0 Å². The van der Waals surface area contributed by atoms with Crippen molar-refractivity contribution >= 4 is 34.3 Å². The van der Waals surface area contributed by atoms with E-state index in [9.17, 15) is 14.7 Å². The minimum absolute atomic E-state index is 0.0108. The van der Waals surface area contributed by atoms with Gasteiger partial charge in [-0.3, -0.25) is 9.59 Å². The van der Waals surface area contributed by atoms with Gasteiger partial charge in [-0.05, 0) is 47.0 Å². The summed E-state index contributed by atoms with van der Waals surface area (Å²) in [6, 6.07) is 10.9. The van der Waals surface area contributed by atoms with E-state index >= 15 is 0 Å². The topological polar surface area (TPSA) is 57.6 Å². The van der Waals surface area contributed by atoms with E-state index in [0.717, 1.165) is 21.4 Å². The van der Waals surface area contributed by atoms with E-state index < -0.39 is 0 Å². The molecule has 122 valence electrons. The quantitative estimate of drug-likeness (QED) is 0.731. The molecule has 0 unspecified atom stereocenters. The third kappa shape index (κ3) is 2.67. The van der Waals surface area contributed by atoms with Gasteiger partial charge in [0.25, 0.3) is 5.91 Å². The third-order valence-electron chi connectivity index (χ3n) is 3.95. The van der Waals surface area contributed by atoms with Crippen LogP contribution in [0.2, 0.25) is 0 Å². The van der Waals surface area contributed by atoms with E-state index in [2.05, 4.69) is 0 Å². The van der Waals surface area contributed by atoms with Crippen LogP contribution in [0.15, 0.2) is 36.4 Å². The largest absolute Gasteiger partial charge is 0.507 e. The number of rotatable bonds is 3. The Bertz CT molecular complexity index is 957. The van der Waals surface area contributed by atoms with Gasteiger partial charge in [-0.25, -0.2) is 0 Å². The lowest BCUT2D eigenvalue weighted by molar-refractivity contribution is 0.0832. The number of aryl methyl sites for hydroxylation is 1. The fraction of sp³-hybridized carbons (Fsp3) is 0.158. The van der Waals surface area contributed by atoms with Gasteiger partial charge in [-0.15, -0.1) is 11.3 Å². The highest BCUT2D eigenvalue weighted by atomic mass is 32.1. The molecule has 2 aromatic carbocycles. The van der Waals surface area contributed by atoms with Gasteiger partial charge in [-0.2, -0.15) is 0 Å². The number of hydrogen-bond donors (Lipinski definition) is 1. The number of phenolic OH excluding ortho intramolecular Hbond substituents is 1. The summed E-state index contributed by atoms with van der Waals surface area (Å²) in [4.78, 5) is 26.6. The monoisotopic (exact) mass is 339 g/mol. The molecule has 24 heavy (non-hydrogen) atoms. The molecule has 1 heterocycles. The lowest BCUT2D eigenvalue weighted by Crippen LogP contribution is -2.20. The molecular weight excluding hydrogens is 322 g/mol. The molecule has 0 atom stereocenters. The lowest BCUT2D eigenvalue weighted by atomic mass is 10.0. The maximum Gasteiger partial charge on any atom is 0.263 e. The van der Waals surface area contributed by atoms with Crippen molar-refractivity contribution in [2.24, 2.45) is 0 Å². The number of aromatic hydroxyl groups is 1. The predicted molar refractivity (Wildman–Crippen MR) is 97.1 cm³/mol. The van der Waals surface area contributed by atoms with Crippen molar-refractivity contribution in [1.82, 2.24) is 4.90 Å². The second-order valence-corrected chi connectivity index (χ2v) is 6.93. The summed E-state index contributed by atoms with van der Waals surface area (Å²) < 4.78 is 0. The number of phenols is 1. The average Bonchev–Trinajstić information content (AvgIpc) is 2.95. The van der Waals surface area contributed by atoms with Crippen LogP contribution < -0.4 is 0 Å². The Labute approximate surface area is 144 Å². The zero-order chi connectivity index (χ0) is 17.4. The van der Waals surface area contributed by atoms with E-state index in [1.165, 1.54) is 17.4 Å². The van der Waals surface area contributed by atoms with Crippen molar-refractivity contribution in [3.05, 3.63) is 52.4 Å². The van der Waals surface area contributed by atoms with Gasteiger partial charge in [-0.1, -0.05) is 18.2 Å². The number of aldehydes is 1. The van der Waals surface area contributed by atoms with Crippen LogP contribution in [0.25, 0.3) is 21.2 Å². The number of carbonyl (C=O) groups excluding carboxylic acids is 2. The molecule has 1 amide bonds. The Morgan fingerprint density at radius 1 is 1.17 bits per heavy atom. The van der Waals surface area contributed by atoms with Gasteiger partial charge >= 0.3 is 0 Å². The van der Waals surface area contributed by atoms with E-state index in [-0.39, 0.29) is 11.7 Å². The standard InChI is InChI=1S/C19H17NO3S/c1-11-8-17(19(23)20(2)3)24-18(11)13-4-6-14-12(9-13)5-7-16(22)15(14)10-21/h4-10,22H,1-3H3. The second kappa shape index (κ2) is 6.09. The Morgan fingerprint density at radius 3 is 2.58 bits per heavy atom. The molecular formula is C19H17NO3S. The van der Waals surface area contributed by atoms with Crippen molar-refractivity contribution < 1.29 is 14.7 Å². The van der Waals surface area contributed by atoms with Crippen LogP contribution in [0.4, 0.5) is 0 Å². The SMILES string of the molecule is Cc1cc(C(=O)N(C)C)sc1-c1ccc2c(C=O)c(O)ccc2c1. The van der Waals surface area contributed by atoms with Crippen LogP contribution in [0.1, 0.15) is 25.6 Å². The summed E-state index contributed by atoms with van der Waals surface area (Å²) in [6.07, 6.45) is 0.668. The van der Waals surface area contributed by atoms with Crippen molar-refractivity contribution in [2.75, 3.05) is 14.1 Å². The van der Waals surface area contributed by atoms with Crippen LogP contribution in [0.5, 0.6) is 5.75 Å². The van der Waals surface area contributed by atoms with Gasteiger partial charge in [0.2, 0.25) is 0 Å². The number of fused-ring (bicyclic) bond motifs is 1. The highest BCUT2D eigenvalue weighted by Crippen LogP contribution is 2.36. The van der Waals surface area contributed by atoms with E-state index in [0.29, 0.717) is 22.1 Å². The number of thiophene rings is 1. The van der Waals surface area contributed by atoms with Gasteiger partial charge in [0.05, 0.1) is 10.4 Å². The average molecular weight is 339 g/mol. The van der Waals surface area contributed by atoms with Crippen LogP contribution >= 0.6 is 11.3 Å². The van der Waals surface area contributed by atoms with Crippen LogP contribution in [-0.4, -0.2) is 36.3 Å². The first-order chi connectivity index (χ1) is 11.4. The van der Waals surface area contributed by atoms with Crippen molar-refractivity contribution in [2.45, 2.75) is 6.92 Å². The van der Waals surface area contributed by atoms with Crippen molar-refractivity contribution in [3.63, 3.8) is 0 Å². The van der Waals surface area contributed by atoms with Crippen LogP contribution in [0.3, 0.4) is 0 Å². The van der Waals surface area contributed by atoms with Gasteiger partial charge in [0.1, 0.15) is 5.75 Å². The molecule has 0 aliphatic rings. The van der Waals surface area contributed by atoms with Crippen molar-refractivity contribution in [1.29, 1.82) is 0 Å². The van der Waals surface area contributed by atoms with E-state index in [1.54, 1.807) is 25.1 Å². The van der Waals surface area contributed by atoms with Gasteiger partial charge in [0, 0.05) is 19.0 Å². The van der Waals surface area contributed by atoms with E-state index in [4.69, 9.17) is 0 Å². The Kier molecular flexibility index (Phi) is 4.11. The number of nitrogens with zero attached hydrogens (tertiary/aromatic N) is 1. The van der Waals surface area contributed by atoms with Crippen LogP contribution in [0, 0.1) is 6.92 Å². The molecule has 3 rings (SSSR count). The van der Waals surface area contributed by atoms with Gasteiger partial charge in [0.15, 0.2) is 6.29 Å². The maximum absolute atomic E-state index is 12.1. The summed E-state index contributed by atoms with van der Waals surface area (Å²) >= 11 is 1.46. The summed E-state index contributed by atoms with van der Waals surface area (Å²) in [5, 5.41) is 11.4. The zero-order valence-corrected chi connectivity index (χ0v) is 14.5. The zero-order valence-electron chi connectivity index (χ0n) is 13.7. The molecule has 5 heteroatoms. The summed E-state index contributed by atoms with van der Waals surface area (Å²) in [5.74, 6) is -0.0280. The first kappa shape index (κ1) is 16.2. The highest BCUT2D eigenvalue weighted by molar-refractivity contribution is 7.17. The van der Waals surface area contributed by atoms with Crippen LogP contribution in [-0.2, 0) is 0 Å². The molecule has 1 N–H and O–H groups in total. The third-order valence-corrected chi connectivity index (χ3v) is 5.23. The molecule has 0 radical (unpaired) electrons. The number of carbonyl (C=O) groups is 2. The Balaban J connectivity index is 2.12. The molecule has 0 bridgehead atoms. The normalized spacial score (nSPS) is 10.8. The highest BCUT2D eigenvalue weighted by Gasteiger charge is 2.16. The first-order valence-corrected chi connectivity index (χ1v) is 8.27. The molecule has 0 saturated heterocycles. The van der Waals surface area contributed by atoms with Crippen molar-refractivity contribution in [3.8, 4) is 16.2 Å². The maximum atomic E-state index is 12.1. The smallest absolute Gasteiger partial charge is 0.263 e. The fourth-order valence-corrected chi connectivity index (χ4v) is 3.89. The Morgan fingerprint density at radius 2 is 1.92 bits per heavy atom. The van der Waals surface area contributed by atoms with E-state index in [1.807, 2.05) is 31.2 Å². The summed E-state index contributed by atoms with van der Waals surface area (Å²) in [5.41, 5.74) is 2.33. The number of benzene rings is 2. The first-order valence-electron chi connectivity index (χ1n) is 7.45. The Hall–Kier alpha value is -2.66. The molecule has 3 aromatic rings. The minimum atomic E-state index is -0.0172. The second-order valence-electron chi connectivity index (χ2n) is 5.87. The molecule has 0 aliphatic heterocycles. The molecule has 0 spiro atoms. The summed E-state index contributed by atoms with van der Waals surface area (Å²) in [7, 11) is 3.47. The summed E-state index contributed by atoms with van der Waals surface area (Å²) in [6.45, 7) is 1.98. The molecule has 1 aromatic heterocycles. The molecule has 0 fully saturated rings. The fourth-order valence-electron chi connectivity index (χ4n) is 2.70.